The van der Waals surface area contributed by atoms with Crippen molar-refractivity contribution in [1.29, 1.82) is 0 Å². The van der Waals surface area contributed by atoms with E-state index in [1.165, 1.54) is 5.39 Å². The molecule has 2 aromatic rings. The topological polar surface area (TPSA) is 20.3 Å². The Morgan fingerprint density at radius 3 is 2.53 bits per heavy atom. The van der Waals surface area contributed by atoms with Crippen molar-refractivity contribution >= 4 is 22.8 Å². The van der Waals surface area contributed by atoms with Gasteiger partial charge in [-0.3, -0.25) is 4.79 Å². The predicted octanol–water partition coefficient (Wildman–Crippen LogP) is 2.94. The molecule has 2 rings (SSSR count). The average Bonchev–Trinajstić information content (AvgIpc) is 2.35. The summed E-state index contributed by atoms with van der Waals surface area (Å²) in [6.45, 7) is 0. The van der Waals surface area contributed by atoms with Crippen molar-refractivity contribution < 1.29 is 4.79 Å². The van der Waals surface area contributed by atoms with E-state index in [1.54, 1.807) is 25.1 Å². The van der Waals surface area contributed by atoms with E-state index in [0.29, 0.717) is 0 Å². The van der Waals surface area contributed by atoms with E-state index in [4.69, 9.17) is 0 Å². The third-order valence-electron chi connectivity index (χ3n) is 2.67. The summed E-state index contributed by atoms with van der Waals surface area (Å²) in [5.41, 5.74) is 1.07. The fourth-order valence-corrected chi connectivity index (χ4v) is 1.71. The van der Waals surface area contributed by atoms with E-state index >= 15 is 0 Å². The number of nitrogens with zero attached hydrogens (tertiary/aromatic N) is 1. The van der Waals surface area contributed by atoms with Gasteiger partial charge in [0, 0.05) is 20.2 Å². The Morgan fingerprint density at radius 1 is 1.06 bits per heavy atom. The van der Waals surface area contributed by atoms with E-state index in [1.807, 2.05) is 30.3 Å². The Morgan fingerprint density at radius 2 is 1.76 bits per heavy atom. The van der Waals surface area contributed by atoms with Crippen LogP contribution in [0.2, 0.25) is 0 Å². The van der Waals surface area contributed by atoms with Crippen LogP contribution in [-0.2, 0) is 4.79 Å². The van der Waals surface area contributed by atoms with Gasteiger partial charge in [0.2, 0.25) is 5.91 Å². The van der Waals surface area contributed by atoms with E-state index in [9.17, 15) is 4.79 Å². The minimum Gasteiger partial charge on any atom is -0.345 e. The first kappa shape index (κ1) is 11.4. The van der Waals surface area contributed by atoms with Crippen LogP contribution < -0.4 is 0 Å². The van der Waals surface area contributed by atoms with Crippen LogP contribution in [0, 0.1) is 0 Å². The zero-order valence-corrected chi connectivity index (χ0v) is 10.1. The molecule has 86 valence electrons. The first-order valence-corrected chi connectivity index (χ1v) is 5.55. The number of carbonyl (C=O) groups excluding carboxylic acids is 1. The third-order valence-corrected chi connectivity index (χ3v) is 2.67. The summed E-state index contributed by atoms with van der Waals surface area (Å²) < 4.78 is 0. The monoisotopic (exact) mass is 225 g/mol. The van der Waals surface area contributed by atoms with Crippen molar-refractivity contribution in [2.45, 2.75) is 0 Å². The lowest BCUT2D eigenvalue weighted by Crippen LogP contribution is -2.18. The van der Waals surface area contributed by atoms with Gasteiger partial charge in [0.25, 0.3) is 0 Å². The van der Waals surface area contributed by atoms with Crippen molar-refractivity contribution in [2.75, 3.05) is 14.1 Å². The lowest BCUT2D eigenvalue weighted by Gasteiger charge is -2.06. The van der Waals surface area contributed by atoms with Crippen molar-refractivity contribution in [3.8, 4) is 0 Å². The minimum atomic E-state index is -0.00191. The fourth-order valence-electron chi connectivity index (χ4n) is 1.71. The lowest BCUT2D eigenvalue weighted by molar-refractivity contribution is -0.123. The normalized spacial score (nSPS) is 10.9. The van der Waals surface area contributed by atoms with Gasteiger partial charge >= 0.3 is 0 Å². The molecule has 0 fully saturated rings. The average molecular weight is 225 g/mol. The molecule has 17 heavy (non-hydrogen) atoms. The number of hydrogen-bond acceptors (Lipinski definition) is 1. The molecular formula is C15H15NO. The van der Waals surface area contributed by atoms with Gasteiger partial charge in [-0.25, -0.2) is 0 Å². The van der Waals surface area contributed by atoms with E-state index in [0.717, 1.165) is 10.9 Å². The summed E-state index contributed by atoms with van der Waals surface area (Å²) in [6, 6.07) is 14.2. The maximum absolute atomic E-state index is 11.5. The van der Waals surface area contributed by atoms with Crippen LogP contribution in [0.3, 0.4) is 0 Å². The molecule has 0 aliphatic rings. The second-order valence-electron chi connectivity index (χ2n) is 4.13. The van der Waals surface area contributed by atoms with Gasteiger partial charge in [0.15, 0.2) is 0 Å². The van der Waals surface area contributed by atoms with E-state index in [-0.39, 0.29) is 5.91 Å². The predicted molar refractivity (Wildman–Crippen MR) is 71.7 cm³/mol. The highest BCUT2D eigenvalue weighted by molar-refractivity contribution is 5.96. The maximum Gasteiger partial charge on any atom is 0.246 e. The van der Waals surface area contributed by atoms with Crippen molar-refractivity contribution in [3.05, 3.63) is 54.1 Å². The number of carbonyl (C=O) groups is 1. The van der Waals surface area contributed by atoms with Crippen LogP contribution in [0.1, 0.15) is 5.56 Å². The van der Waals surface area contributed by atoms with Crippen LogP contribution in [0.4, 0.5) is 0 Å². The highest BCUT2D eigenvalue weighted by Crippen LogP contribution is 2.19. The molecule has 0 unspecified atom stereocenters. The Bertz CT molecular complexity index is 565. The summed E-state index contributed by atoms with van der Waals surface area (Å²) in [5, 5.41) is 2.35. The Balaban J connectivity index is 2.39. The molecule has 0 heterocycles. The Labute approximate surface area is 101 Å². The van der Waals surface area contributed by atoms with Crippen LogP contribution in [0.5, 0.6) is 0 Å². The zero-order chi connectivity index (χ0) is 12.3. The van der Waals surface area contributed by atoms with Gasteiger partial charge in [-0.2, -0.15) is 0 Å². The molecule has 0 saturated heterocycles. The third kappa shape index (κ3) is 2.53. The molecule has 0 aliphatic heterocycles. The lowest BCUT2D eigenvalue weighted by atomic mass is 10.0. The summed E-state index contributed by atoms with van der Waals surface area (Å²) in [6.07, 6.45) is 3.46. The summed E-state index contributed by atoms with van der Waals surface area (Å²) in [7, 11) is 3.49. The molecule has 2 aromatic carbocycles. The summed E-state index contributed by atoms with van der Waals surface area (Å²) >= 11 is 0. The molecule has 0 bridgehead atoms. The Kier molecular flexibility index (Phi) is 3.24. The molecule has 0 N–H and O–H groups in total. The van der Waals surface area contributed by atoms with Gasteiger partial charge in [-0.15, -0.1) is 0 Å². The Hall–Kier alpha value is -2.09. The van der Waals surface area contributed by atoms with Gasteiger partial charge in [0.1, 0.15) is 0 Å². The van der Waals surface area contributed by atoms with Crippen molar-refractivity contribution in [3.63, 3.8) is 0 Å². The summed E-state index contributed by atoms with van der Waals surface area (Å²) in [4.78, 5) is 13.0. The molecule has 0 saturated carbocycles. The van der Waals surface area contributed by atoms with Crippen molar-refractivity contribution in [1.82, 2.24) is 4.90 Å². The van der Waals surface area contributed by atoms with Gasteiger partial charge in [-0.05, 0) is 22.4 Å². The molecule has 0 radical (unpaired) electrons. The second-order valence-corrected chi connectivity index (χ2v) is 4.13. The quantitative estimate of drug-likeness (QED) is 0.720. The summed E-state index contributed by atoms with van der Waals surface area (Å²) in [5.74, 6) is -0.00191. The van der Waals surface area contributed by atoms with Crippen LogP contribution >= 0.6 is 0 Å². The number of fused-ring (bicyclic) bond motifs is 1. The SMILES string of the molecule is CN(C)C(=O)C=Cc1cccc2ccccc12. The second kappa shape index (κ2) is 4.83. The first-order valence-electron chi connectivity index (χ1n) is 5.55. The minimum absolute atomic E-state index is 0.00191. The smallest absolute Gasteiger partial charge is 0.246 e. The number of likely N-dealkylation sites (N-methyl/N-ethyl adjacent to an activating group) is 1. The molecule has 1 amide bonds. The first-order chi connectivity index (χ1) is 8.18. The molecule has 2 nitrogen and oxygen atoms in total. The van der Waals surface area contributed by atoms with Crippen LogP contribution in [0.15, 0.2) is 48.5 Å². The zero-order valence-electron chi connectivity index (χ0n) is 10.1. The number of benzene rings is 2. The molecular weight excluding hydrogens is 210 g/mol. The fraction of sp³-hybridized carbons (Fsp3) is 0.133. The van der Waals surface area contributed by atoms with Gasteiger partial charge in [-0.1, -0.05) is 42.5 Å². The molecule has 0 aliphatic carbocycles. The largest absolute Gasteiger partial charge is 0.345 e. The highest BCUT2D eigenvalue weighted by atomic mass is 16.2. The number of amides is 1. The van der Waals surface area contributed by atoms with Crippen LogP contribution in [-0.4, -0.2) is 24.9 Å². The molecule has 0 spiro atoms. The molecule has 2 heteroatoms. The number of hydrogen-bond donors (Lipinski definition) is 0. The number of rotatable bonds is 2. The highest BCUT2D eigenvalue weighted by Gasteiger charge is 1.99. The van der Waals surface area contributed by atoms with Gasteiger partial charge in [0.05, 0.1) is 0 Å². The van der Waals surface area contributed by atoms with E-state index < -0.39 is 0 Å². The maximum atomic E-state index is 11.5. The molecule has 0 aromatic heterocycles. The van der Waals surface area contributed by atoms with E-state index in [2.05, 4.69) is 18.2 Å². The van der Waals surface area contributed by atoms with Crippen LogP contribution in [0.25, 0.3) is 16.8 Å². The standard InChI is InChI=1S/C15H15NO/c1-16(2)15(17)11-10-13-8-5-7-12-6-3-4-9-14(12)13/h3-11H,1-2H3. The molecule has 0 atom stereocenters. The van der Waals surface area contributed by atoms with Gasteiger partial charge < -0.3 is 4.90 Å². The van der Waals surface area contributed by atoms with Crippen molar-refractivity contribution in [2.24, 2.45) is 0 Å².